The number of amides is 2. The van der Waals surface area contributed by atoms with Crippen molar-refractivity contribution in [3.05, 3.63) is 93.0 Å². The summed E-state index contributed by atoms with van der Waals surface area (Å²) in [6.07, 6.45) is -5.94. The third-order valence-electron chi connectivity index (χ3n) is 6.66. The van der Waals surface area contributed by atoms with E-state index < -0.39 is 62.3 Å². The predicted octanol–water partition coefficient (Wildman–Crippen LogP) is 6.51. The molecule has 2 amide bonds. The second-order valence-corrected chi connectivity index (χ2v) is 12.4. The molecule has 3 aromatic carbocycles. The van der Waals surface area contributed by atoms with Gasteiger partial charge in [-0.25, -0.2) is 19.1 Å². The number of carbonyl (C=O) groups is 3. The minimum absolute atomic E-state index is 0.0398. The van der Waals surface area contributed by atoms with E-state index >= 15 is 0 Å². The van der Waals surface area contributed by atoms with Gasteiger partial charge in [-0.2, -0.15) is 31.6 Å². The number of nitro benzene ring substituents is 1. The SMILES string of the molecule is CCOC(=O)C(C)OC(=O)c1cc(Oc2ccc(C(F)(F)F)cc2Cl)ccc1[N+](=O)[O-].CCOc1ccccc1OS(=O)(=O)NC(=O)Nc1nc(OC)cc(OC)n1. The van der Waals surface area contributed by atoms with Gasteiger partial charge in [0.05, 0.1) is 49.0 Å². The van der Waals surface area contributed by atoms with Crippen molar-refractivity contribution < 1.29 is 73.5 Å². The molecular formula is C34H33ClF3N5O14S. The lowest BCUT2D eigenvalue weighted by Gasteiger charge is -2.13. The molecule has 312 valence electrons. The van der Waals surface area contributed by atoms with E-state index in [2.05, 4.69) is 15.3 Å². The average molecular weight is 860 g/mol. The fourth-order valence-electron chi connectivity index (χ4n) is 4.16. The van der Waals surface area contributed by atoms with Crippen LogP contribution in [0.3, 0.4) is 0 Å². The Morgan fingerprint density at radius 3 is 2.10 bits per heavy atom. The summed E-state index contributed by atoms with van der Waals surface area (Å²) >= 11 is 5.83. The number of methoxy groups -OCH3 is 2. The number of nitrogens with zero attached hydrogens (tertiary/aromatic N) is 3. The van der Waals surface area contributed by atoms with Crippen molar-refractivity contribution in [2.24, 2.45) is 0 Å². The second-order valence-electron chi connectivity index (χ2n) is 10.7. The standard InChI is InChI=1S/C19H15ClF3NO7.C15H18N4O7S/c1-3-29-17(25)10(2)30-18(26)13-9-12(5-6-15(13)24(27)28)31-16-7-4-11(8-14(16)20)19(21,22)23;1-4-25-10-7-5-6-8-11(10)26-27(21,22)19-15(20)18-14-16-12(23-2)9-13(17-14)24-3/h4-10H,3H2,1-2H3;5-9H,4H2,1-3H3,(H2,16,17,18,19,20). The Labute approximate surface area is 332 Å². The highest BCUT2D eigenvalue weighted by Gasteiger charge is 2.31. The van der Waals surface area contributed by atoms with Crippen molar-refractivity contribution in [1.29, 1.82) is 0 Å². The number of benzene rings is 3. The molecule has 24 heteroatoms. The number of halogens is 4. The Morgan fingerprint density at radius 1 is 0.914 bits per heavy atom. The molecule has 0 aliphatic heterocycles. The molecule has 2 N–H and O–H groups in total. The maximum Gasteiger partial charge on any atom is 0.416 e. The number of hydrogen-bond donors (Lipinski definition) is 2. The third-order valence-corrected chi connectivity index (χ3v) is 7.79. The highest BCUT2D eigenvalue weighted by molar-refractivity contribution is 7.85. The summed E-state index contributed by atoms with van der Waals surface area (Å²) in [5.74, 6) is -2.22. The first-order valence-electron chi connectivity index (χ1n) is 16.2. The molecule has 1 heterocycles. The first-order chi connectivity index (χ1) is 27.3. The van der Waals surface area contributed by atoms with Gasteiger partial charge in [0, 0.05) is 12.1 Å². The number of urea groups is 1. The third kappa shape index (κ3) is 13.5. The van der Waals surface area contributed by atoms with Gasteiger partial charge in [-0.1, -0.05) is 23.7 Å². The molecule has 0 bridgehead atoms. The molecule has 1 aromatic heterocycles. The molecule has 1 unspecified atom stereocenters. The maximum absolute atomic E-state index is 12.8. The van der Waals surface area contributed by atoms with Crippen molar-refractivity contribution in [2.45, 2.75) is 33.1 Å². The fourth-order valence-corrected chi connectivity index (χ4v) is 5.08. The van der Waals surface area contributed by atoms with Gasteiger partial charge in [0.25, 0.3) is 5.69 Å². The van der Waals surface area contributed by atoms with Crippen LogP contribution in [0.1, 0.15) is 36.7 Å². The maximum atomic E-state index is 12.8. The second kappa shape index (κ2) is 20.5. The number of rotatable bonds is 15. The zero-order chi connectivity index (χ0) is 43.2. The Balaban J connectivity index is 0.000000313. The van der Waals surface area contributed by atoms with Crippen LogP contribution in [-0.4, -0.2) is 74.8 Å². The first kappa shape index (κ1) is 45.8. The van der Waals surface area contributed by atoms with Gasteiger partial charge in [0.1, 0.15) is 17.1 Å². The van der Waals surface area contributed by atoms with Gasteiger partial charge in [0.15, 0.2) is 17.6 Å². The molecule has 0 saturated heterocycles. The number of hydrogen-bond acceptors (Lipinski definition) is 16. The Hall–Kier alpha value is -6.62. The molecule has 19 nitrogen and oxygen atoms in total. The molecule has 0 spiro atoms. The molecule has 1 atom stereocenters. The zero-order valence-electron chi connectivity index (χ0n) is 30.8. The van der Waals surface area contributed by atoms with E-state index in [1.165, 1.54) is 39.3 Å². The van der Waals surface area contributed by atoms with Crippen molar-refractivity contribution in [3.63, 3.8) is 0 Å². The van der Waals surface area contributed by atoms with Crippen LogP contribution in [0, 0.1) is 10.1 Å². The zero-order valence-corrected chi connectivity index (χ0v) is 32.4. The summed E-state index contributed by atoms with van der Waals surface area (Å²) in [6.45, 7) is 4.86. The van der Waals surface area contributed by atoms with Gasteiger partial charge in [0.2, 0.25) is 17.7 Å². The van der Waals surface area contributed by atoms with Gasteiger partial charge in [-0.15, -0.1) is 0 Å². The van der Waals surface area contributed by atoms with Crippen molar-refractivity contribution in [2.75, 3.05) is 32.8 Å². The topological polar surface area (TPSA) is 243 Å². The Bertz CT molecular complexity index is 2210. The molecule has 0 saturated carbocycles. The van der Waals surface area contributed by atoms with Crippen molar-refractivity contribution >= 4 is 51.5 Å². The lowest BCUT2D eigenvalue weighted by Crippen LogP contribution is -2.37. The van der Waals surface area contributed by atoms with Crippen LogP contribution in [0.4, 0.5) is 29.6 Å². The lowest BCUT2D eigenvalue weighted by atomic mass is 10.1. The van der Waals surface area contributed by atoms with E-state index in [9.17, 15) is 46.1 Å². The van der Waals surface area contributed by atoms with Crippen LogP contribution in [-0.2, 0) is 30.7 Å². The number of ether oxygens (including phenoxy) is 6. The first-order valence-corrected chi connectivity index (χ1v) is 18.0. The Morgan fingerprint density at radius 2 is 1.55 bits per heavy atom. The summed E-state index contributed by atoms with van der Waals surface area (Å²) in [7, 11) is -1.76. The molecule has 4 aromatic rings. The molecule has 0 aliphatic rings. The van der Waals surface area contributed by atoms with Crippen LogP contribution >= 0.6 is 11.6 Å². The van der Waals surface area contributed by atoms with E-state index in [0.29, 0.717) is 12.7 Å². The van der Waals surface area contributed by atoms with E-state index in [1.54, 1.807) is 30.7 Å². The number of nitrogens with one attached hydrogen (secondary N) is 2. The summed E-state index contributed by atoms with van der Waals surface area (Å²) in [6, 6.07) is 11.7. The van der Waals surface area contributed by atoms with Crippen molar-refractivity contribution in [3.8, 4) is 34.8 Å². The predicted molar refractivity (Wildman–Crippen MR) is 196 cm³/mol. The fraction of sp³-hybridized carbons (Fsp3) is 0.265. The molecule has 0 aliphatic carbocycles. The monoisotopic (exact) mass is 859 g/mol. The lowest BCUT2D eigenvalue weighted by molar-refractivity contribution is -0.385. The highest BCUT2D eigenvalue weighted by Crippen LogP contribution is 2.37. The summed E-state index contributed by atoms with van der Waals surface area (Å²) < 4.78 is 99.0. The molecule has 0 fully saturated rings. The van der Waals surface area contributed by atoms with E-state index in [1.807, 2.05) is 0 Å². The minimum atomic E-state index is -4.61. The van der Waals surface area contributed by atoms with Gasteiger partial charge < -0.3 is 32.6 Å². The Kier molecular flexibility index (Phi) is 16.2. The number of alkyl halides is 3. The minimum Gasteiger partial charge on any atom is -0.490 e. The quantitative estimate of drug-likeness (QED) is 0.0735. The summed E-state index contributed by atoms with van der Waals surface area (Å²) in [4.78, 5) is 54.0. The summed E-state index contributed by atoms with van der Waals surface area (Å²) in [5, 5.41) is 13.0. The normalized spacial score (nSPS) is 11.4. The van der Waals surface area contributed by atoms with Crippen molar-refractivity contribution in [1.82, 2.24) is 14.7 Å². The summed E-state index contributed by atoms with van der Waals surface area (Å²) in [5.41, 5.74) is -2.17. The molecular weight excluding hydrogens is 827 g/mol. The van der Waals surface area contributed by atoms with Gasteiger partial charge in [-0.05, 0) is 57.2 Å². The molecule has 0 radical (unpaired) electrons. The number of anilines is 1. The largest absolute Gasteiger partial charge is 0.490 e. The van der Waals surface area contributed by atoms with E-state index in [0.717, 1.165) is 30.3 Å². The smallest absolute Gasteiger partial charge is 0.416 e. The number of carbonyl (C=O) groups excluding carboxylic acids is 3. The number of esters is 2. The van der Waals surface area contributed by atoms with Crippen LogP contribution in [0.15, 0.2) is 66.7 Å². The molecule has 58 heavy (non-hydrogen) atoms. The highest BCUT2D eigenvalue weighted by atomic mass is 35.5. The number of nitro groups is 1. The van der Waals surface area contributed by atoms with Crippen LogP contribution in [0.2, 0.25) is 5.02 Å². The van der Waals surface area contributed by atoms with Crippen LogP contribution < -0.4 is 33.2 Å². The number of para-hydroxylation sites is 2. The number of aromatic nitrogens is 2. The van der Waals surface area contributed by atoms with Crippen LogP contribution in [0.25, 0.3) is 0 Å². The average Bonchev–Trinajstić information content (AvgIpc) is 3.15. The van der Waals surface area contributed by atoms with Gasteiger partial charge >= 0.3 is 34.5 Å². The van der Waals surface area contributed by atoms with Gasteiger partial charge in [-0.3, -0.25) is 15.4 Å². The molecule has 4 rings (SSSR count). The van der Waals surface area contributed by atoms with E-state index in [-0.39, 0.29) is 52.3 Å². The van der Waals surface area contributed by atoms with E-state index in [4.69, 9.17) is 44.2 Å². The van der Waals surface area contributed by atoms with Crippen LogP contribution in [0.5, 0.6) is 34.8 Å².